The maximum Gasteiger partial charge on any atom is 0.0390 e. The maximum absolute atomic E-state index is 5.83. The van der Waals surface area contributed by atoms with Crippen LogP contribution in [0.3, 0.4) is 0 Å². The molecule has 3 nitrogen and oxygen atoms in total. The number of rotatable bonds is 2. The zero-order valence-corrected chi connectivity index (χ0v) is 7.74. The van der Waals surface area contributed by atoms with Crippen LogP contribution in [0, 0.1) is 0 Å². The number of nitrogen functional groups attached to an aromatic ring is 1. The van der Waals surface area contributed by atoms with Crippen molar-refractivity contribution in [3.05, 3.63) is 24.0 Å². The minimum Gasteiger partial charge on any atom is -0.398 e. The van der Waals surface area contributed by atoms with E-state index in [2.05, 4.69) is 9.88 Å². The summed E-state index contributed by atoms with van der Waals surface area (Å²) in [5, 5.41) is 0. The molecule has 2 rings (SSSR count). The van der Waals surface area contributed by atoms with Gasteiger partial charge in [-0.05, 0) is 32.0 Å². The molecule has 1 aromatic heterocycles. The van der Waals surface area contributed by atoms with Crippen LogP contribution in [-0.2, 0) is 6.54 Å². The zero-order chi connectivity index (χ0) is 9.10. The topological polar surface area (TPSA) is 42.1 Å². The molecular formula is C10H15N3. The molecular weight excluding hydrogens is 162 g/mol. The molecule has 0 saturated carbocycles. The third-order valence-corrected chi connectivity index (χ3v) is 2.53. The highest BCUT2D eigenvalue weighted by atomic mass is 15.1. The van der Waals surface area contributed by atoms with Gasteiger partial charge in [0.05, 0.1) is 0 Å². The second kappa shape index (κ2) is 3.75. The first kappa shape index (κ1) is 8.51. The van der Waals surface area contributed by atoms with Crippen molar-refractivity contribution in [1.82, 2.24) is 9.88 Å². The number of nitrogens with two attached hydrogens (primary N) is 1. The number of nitrogens with zero attached hydrogens (tertiary/aromatic N) is 2. The average molecular weight is 177 g/mol. The molecule has 0 bridgehead atoms. The number of pyridine rings is 1. The van der Waals surface area contributed by atoms with Crippen LogP contribution in [0.5, 0.6) is 0 Å². The number of likely N-dealkylation sites (tertiary alicyclic amines) is 1. The number of anilines is 1. The highest BCUT2D eigenvalue weighted by Gasteiger charge is 2.12. The van der Waals surface area contributed by atoms with E-state index in [1.807, 2.05) is 12.3 Å². The van der Waals surface area contributed by atoms with E-state index in [-0.39, 0.29) is 0 Å². The van der Waals surface area contributed by atoms with Gasteiger partial charge in [0.1, 0.15) is 0 Å². The summed E-state index contributed by atoms with van der Waals surface area (Å²) in [5.74, 6) is 0. The predicted molar refractivity (Wildman–Crippen MR) is 53.2 cm³/mol. The van der Waals surface area contributed by atoms with Gasteiger partial charge in [-0.1, -0.05) is 0 Å². The molecule has 0 aromatic carbocycles. The van der Waals surface area contributed by atoms with E-state index in [1.54, 1.807) is 6.20 Å². The molecule has 1 fully saturated rings. The van der Waals surface area contributed by atoms with E-state index in [4.69, 9.17) is 5.73 Å². The molecule has 2 N–H and O–H groups in total. The van der Waals surface area contributed by atoms with E-state index < -0.39 is 0 Å². The summed E-state index contributed by atoms with van der Waals surface area (Å²) in [6, 6.07) is 1.87. The third-order valence-electron chi connectivity index (χ3n) is 2.53. The molecule has 13 heavy (non-hydrogen) atoms. The predicted octanol–water partition coefficient (Wildman–Crippen LogP) is 1.26. The van der Waals surface area contributed by atoms with Crippen molar-refractivity contribution >= 4 is 5.69 Å². The van der Waals surface area contributed by atoms with Crippen molar-refractivity contribution in [3.8, 4) is 0 Å². The maximum atomic E-state index is 5.83. The van der Waals surface area contributed by atoms with Crippen molar-refractivity contribution in [2.75, 3.05) is 18.8 Å². The Morgan fingerprint density at radius 1 is 1.38 bits per heavy atom. The summed E-state index contributed by atoms with van der Waals surface area (Å²) in [4.78, 5) is 6.50. The quantitative estimate of drug-likeness (QED) is 0.739. The Bertz CT molecular complexity index is 279. The van der Waals surface area contributed by atoms with Crippen molar-refractivity contribution in [3.63, 3.8) is 0 Å². The SMILES string of the molecule is Nc1ccncc1CN1CCCC1. The Balaban J connectivity index is 2.04. The van der Waals surface area contributed by atoms with Gasteiger partial charge < -0.3 is 5.73 Å². The van der Waals surface area contributed by atoms with Crippen LogP contribution in [-0.4, -0.2) is 23.0 Å². The lowest BCUT2D eigenvalue weighted by atomic mass is 10.2. The van der Waals surface area contributed by atoms with E-state index >= 15 is 0 Å². The van der Waals surface area contributed by atoms with Crippen molar-refractivity contribution in [2.24, 2.45) is 0 Å². The van der Waals surface area contributed by atoms with Gasteiger partial charge in [-0.25, -0.2) is 0 Å². The summed E-state index contributed by atoms with van der Waals surface area (Å²) in [6.45, 7) is 3.36. The molecule has 3 heteroatoms. The van der Waals surface area contributed by atoms with Gasteiger partial charge in [-0.15, -0.1) is 0 Å². The summed E-state index contributed by atoms with van der Waals surface area (Å²) >= 11 is 0. The van der Waals surface area contributed by atoms with Crippen molar-refractivity contribution in [2.45, 2.75) is 19.4 Å². The van der Waals surface area contributed by atoms with Crippen LogP contribution in [0.15, 0.2) is 18.5 Å². The van der Waals surface area contributed by atoms with E-state index in [9.17, 15) is 0 Å². The molecule has 70 valence electrons. The molecule has 2 heterocycles. The summed E-state index contributed by atoms with van der Waals surface area (Å²) < 4.78 is 0. The molecule has 0 spiro atoms. The Kier molecular flexibility index (Phi) is 2.45. The van der Waals surface area contributed by atoms with Gasteiger partial charge >= 0.3 is 0 Å². The molecule has 1 aliphatic heterocycles. The molecule has 0 atom stereocenters. The largest absolute Gasteiger partial charge is 0.398 e. The minimum absolute atomic E-state index is 0.863. The zero-order valence-electron chi connectivity index (χ0n) is 7.74. The lowest BCUT2D eigenvalue weighted by Crippen LogP contribution is -2.19. The van der Waals surface area contributed by atoms with Gasteiger partial charge in [-0.3, -0.25) is 9.88 Å². The van der Waals surface area contributed by atoms with Crippen LogP contribution >= 0.6 is 0 Å². The highest BCUT2D eigenvalue weighted by molar-refractivity contribution is 5.44. The minimum atomic E-state index is 0.863. The molecule has 1 aliphatic rings. The smallest absolute Gasteiger partial charge is 0.0390 e. The first-order chi connectivity index (χ1) is 6.36. The molecule has 0 aliphatic carbocycles. The normalized spacial score (nSPS) is 17.8. The molecule has 0 unspecified atom stereocenters. The van der Waals surface area contributed by atoms with Crippen LogP contribution < -0.4 is 5.73 Å². The molecule has 1 saturated heterocycles. The number of hydrogen-bond donors (Lipinski definition) is 1. The van der Waals surface area contributed by atoms with Gasteiger partial charge in [0.2, 0.25) is 0 Å². The summed E-state index contributed by atoms with van der Waals surface area (Å²) in [7, 11) is 0. The van der Waals surface area contributed by atoms with Gasteiger partial charge in [-0.2, -0.15) is 0 Å². The van der Waals surface area contributed by atoms with Gasteiger partial charge in [0.15, 0.2) is 0 Å². The third kappa shape index (κ3) is 1.98. The monoisotopic (exact) mass is 177 g/mol. The summed E-state index contributed by atoms with van der Waals surface area (Å²) in [6.07, 6.45) is 6.25. The second-order valence-electron chi connectivity index (χ2n) is 3.56. The van der Waals surface area contributed by atoms with Crippen LogP contribution in [0.4, 0.5) is 5.69 Å². The Morgan fingerprint density at radius 3 is 2.85 bits per heavy atom. The first-order valence-corrected chi connectivity index (χ1v) is 4.77. The average Bonchev–Trinajstić information content (AvgIpc) is 2.61. The molecule has 0 radical (unpaired) electrons. The Labute approximate surface area is 78.6 Å². The molecule has 0 amide bonds. The number of hydrogen-bond acceptors (Lipinski definition) is 3. The first-order valence-electron chi connectivity index (χ1n) is 4.77. The van der Waals surface area contributed by atoms with E-state index in [0.717, 1.165) is 17.8 Å². The van der Waals surface area contributed by atoms with E-state index in [0.29, 0.717) is 0 Å². The fourth-order valence-corrected chi connectivity index (χ4v) is 1.75. The molecule has 1 aromatic rings. The van der Waals surface area contributed by atoms with Gasteiger partial charge in [0, 0.05) is 30.2 Å². The fourth-order valence-electron chi connectivity index (χ4n) is 1.75. The Hall–Kier alpha value is -1.09. The standard InChI is InChI=1S/C10H15N3/c11-10-3-4-12-7-9(10)8-13-5-1-2-6-13/h3-4,7H,1-2,5-6,8H2,(H2,11,12). The van der Waals surface area contributed by atoms with E-state index in [1.165, 1.54) is 25.9 Å². The summed E-state index contributed by atoms with van der Waals surface area (Å²) in [5.41, 5.74) is 7.85. The lowest BCUT2D eigenvalue weighted by Gasteiger charge is -2.15. The van der Waals surface area contributed by atoms with Gasteiger partial charge in [0.25, 0.3) is 0 Å². The van der Waals surface area contributed by atoms with Crippen molar-refractivity contribution in [1.29, 1.82) is 0 Å². The second-order valence-corrected chi connectivity index (χ2v) is 3.56. The number of aromatic nitrogens is 1. The Morgan fingerprint density at radius 2 is 2.15 bits per heavy atom. The van der Waals surface area contributed by atoms with Crippen LogP contribution in [0.25, 0.3) is 0 Å². The lowest BCUT2D eigenvalue weighted by molar-refractivity contribution is 0.331. The van der Waals surface area contributed by atoms with Crippen LogP contribution in [0.1, 0.15) is 18.4 Å². The van der Waals surface area contributed by atoms with Crippen molar-refractivity contribution < 1.29 is 0 Å². The highest BCUT2D eigenvalue weighted by Crippen LogP contribution is 2.15. The van der Waals surface area contributed by atoms with Crippen LogP contribution in [0.2, 0.25) is 0 Å². The fraction of sp³-hybridized carbons (Fsp3) is 0.500.